The molecular weight excluding hydrogens is 509 g/mol. The minimum absolute atomic E-state index is 0. The van der Waals surface area contributed by atoms with E-state index in [1.54, 1.807) is 0 Å². The van der Waals surface area contributed by atoms with Crippen molar-refractivity contribution in [2.75, 3.05) is 0 Å². The molecule has 154 valence electrons. The average molecular weight is 522 g/mol. The molecule has 0 saturated heterocycles. The Balaban J connectivity index is -0.000000286. The first-order valence-corrected chi connectivity index (χ1v) is 8.79. The van der Waals surface area contributed by atoms with Gasteiger partial charge in [-0.15, -0.1) is 0 Å². The fraction of sp³-hybridized carbons (Fsp3) is 0.167. The van der Waals surface area contributed by atoms with E-state index in [9.17, 15) is 26.3 Å². The van der Waals surface area contributed by atoms with Crippen LogP contribution < -0.4 is 0 Å². The van der Waals surface area contributed by atoms with Crippen molar-refractivity contribution in [2.24, 2.45) is 0 Å². The summed E-state index contributed by atoms with van der Waals surface area (Å²) in [6.45, 7) is 0. The summed E-state index contributed by atoms with van der Waals surface area (Å²) in [5.41, 5.74) is -11.1. The second-order valence-electron chi connectivity index (χ2n) is 3.77. The molecule has 2 N–H and O–H groups in total. The largest absolute Gasteiger partial charge is 0.522 e. The molecule has 2 saturated carbocycles. The Labute approximate surface area is 173 Å². The molecule has 2 fully saturated rings. The van der Waals surface area contributed by atoms with Gasteiger partial charge in [0.2, 0.25) is 0 Å². The van der Waals surface area contributed by atoms with E-state index in [2.05, 4.69) is 0 Å². The summed E-state index contributed by atoms with van der Waals surface area (Å²) < 4.78 is 115. The molecule has 2 aliphatic rings. The second kappa shape index (κ2) is 14.3. The van der Waals surface area contributed by atoms with Crippen LogP contribution >= 0.6 is 0 Å². The smallest absolute Gasteiger partial charge is 0.279 e. The van der Waals surface area contributed by atoms with E-state index in [-0.39, 0.29) is 26.2 Å². The third-order valence-corrected chi connectivity index (χ3v) is 2.87. The summed E-state index contributed by atoms with van der Waals surface area (Å²) in [4.78, 5) is 0. The van der Waals surface area contributed by atoms with Crippen molar-refractivity contribution in [3.63, 3.8) is 0 Å². The Morgan fingerprint density at radius 1 is 0.481 bits per heavy atom. The summed E-state index contributed by atoms with van der Waals surface area (Å²) in [5, 5.41) is 0. The van der Waals surface area contributed by atoms with Gasteiger partial charge >= 0.3 is 31.3 Å². The zero-order valence-corrected chi connectivity index (χ0v) is 17.0. The van der Waals surface area contributed by atoms with Gasteiger partial charge in [0.1, 0.15) is 0 Å². The summed E-state index contributed by atoms with van der Waals surface area (Å²) in [6, 6.07) is 0. The van der Waals surface area contributed by atoms with Crippen LogP contribution in [0.4, 0.5) is 26.3 Å². The molecule has 0 spiro atoms. The Bertz CT molecular complexity index is 499. The molecular formula is C12H12F6O6S2Zr. The van der Waals surface area contributed by atoms with Crippen LogP contribution in [0.1, 0.15) is 0 Å². The van der Waals surface area contributed by atoms with E-state index in [4.69, 9.17) is 25.9 Å². The molecule has 0 unspecified atom stereocenters. The van der Waals surface area contributed by atoms with Crippen LogP contribution in [0, 0.1) is 64.2 Å². The maximum Gasteiger partial charge on any atom is 0.522 e. The SMILES string of the molecule is O=S(=O)(O)C(F)(F)F.O=S(=O)(O)C(F)(F)F.[CH]1[CH][CH][CH][CH]1.[CH]1[CH][CH][CH][CH]1.[Zr]. The van der Waals surface area contributed by atoms with Crippen molar-refractivity contribution in [2.45, 2.75) is 11.0 Å². The van der Waals surface area contributed by atoms with Crippen LogP contribution in [0.15, 0.2) is 0 Å². The maximum atomic E-state index is 10.7. The molecule has 0 aromatic heterocycles. The standard InChI is InChI=1S/2C5H5.2CHF3O3S.Zr/c2*1-2-4-5-3-1;2*2-1(3,4)8(5,6)7;/h2*1-5H;2*(H,5,6,7);. The van der Waals surface area contributed by atoms with Crippen LogP contribution in [0.5, 0.6) is 0 Å². The third-order valence-electron chi connectivity index (χ3n) is 1.70. The minimum atomic E-state index is -5.84. The predicted octanol–water partition coefficient (Wildman–Crippen LogP) is 2.83. The first-order chi connectivity index (χ1) is 11.5. The molecule has 0 aliphatic heterocycles. The zero-order chi connectivity index (χ0) is 21.1. The van der Waals surface area contributed by atoms with Gasteiger partial charge in [-0.05, 0) is 64.2 Å². The van der Waals surface area contributed by atoms with E-state index in [0.29, 0.717) is 0 Å². The van der Waals surface area contributed by atoms with Crippen molar-refractivity contribution >= 4 is 20.2 Å². The number of hydrogen-bond donors (Lipinski definition) is 2. The first kappa shape index (κ1) is 32.0. The summed E-state index contributed by atoms with van der Waals surface area (Å²) in [6.07, 6.45) is 20.0. The molecule has 0 aromatic rings. The maximum absolute atomic E-state index is 10.7. The van der Waals surface area contributed by atoms with E-state index in [1.165, 1.54) is 0 Å². The van der Waals surface area contributed by atoms with Crippen LogP contribution in [-0.2, 0) is 46.4 Å². The monoisotopic (exact) mass is 520 g/mol. The normalized spacial score (nSPS) is 17.2. The molecule has 2 rings (SSSR count). The zero-order valence-electron chi connectivity index (χ0n) is 12.9. The van der Waals surface area contributed by atoms with Gasteiger partial charge in [-0.25, -0.2) is 0 Å². The Kier molecular flexibility index (Phi) is 16.9. The molecule has 0 heterocycles. The van der Waals surface area contributed by atoms with Gasteiger partial charge in [-0.3, -0.25) is 9.11 Å². The van der Waals surface area contributed by atoms with Crippen molar-refractivity contribution in [1.82, 2.24) is 0 Å². The van der Waals surface area contributed by atoms with E-state index in [0.717, 1.165) is 0 Å². The van der Waals surface area contributed by atoms with Crippen molar-refractivity contribution < 1.29 is 78.5 Å². The molecule has 0 bridgehead atoms. The summed E-state index contributed by atoms with van der Waals surface area (Å²) in [7, 11) is -11.7. The van der Waals surface area contributed by atoms with Gasteiger partial charge in [0.15, 0.2) is 0 Å². The van der Waals surface area contributed by atoms with E-state index >= 15 is 0 Å². The summed E-state index contributed by atoms with van der Waals surface area (Å²) >= 11 is 0. The fourth-order valence-corrected chi connectivity index (χ4v) is 0.642. The molecule has 27 heavy (non-hydrogen) atoms. The number of rotatable bonds is 0. The van der Waals surface area contributed by atoms with Crippen molar-refractivity contribution in [1.29, 1.82) is 0 Å². The van der Waals surface area contributed by atoms with E-state index < -0.39 is 31.3 Å². The van der Waals surface area contributed by atoms with Gasteiger partial charge in [0.25, 0.3) is 0 Å². The van der Waals surface area contributed by atoms with Gasteiger partial charge < -0.3 is 0 Å². The van der Waals surface area contributed by atoms with Crippen LogP contribution in [-0.4, -0.2) is 37.0 Å². The number of hydrogen-bond acceptors (Lipinski definition) is 4. The Morgan fingerprint density at radius 2 is 0.556 bits per heavy atom. The second-order valence-corrected chi connectivity index (χ2v) is 6.59. The van der Waals surface area contributed by atoms with Gasteiger partial charge in [0, 0.05) is 26.2 Å². The van der Waals surface area contributed by atoms with Crippen molar-refractivity contribution in [3.8, 4) is 0 Å². The van der Waals surface area contributed by atoms with Gasteiger partial charge in [-0.2, -0.15) is 43.2 Å². The van der Waals surface area contributed by atoms with Crippen LogP contribution in [0.3, 0.4) is 0 Å². The molecule has 15 heteroatoms. The van der Waals surface area contributed by atoms with Crippen LogP contribution in [0.2, 0.25) is 0 Å². The van der Waals surface area contributed by atoms with Crippen LogP contribution in [0.25, 0.3) is 0 Å². The number of alkyl halides is 6. The molecule has 0 amide bonds. The molecule has 2 aliphatic carbocycles. The summed E-state index contributed by atoms with van der Waals surface area (Å²) in [5.74, 6) is 0. The fourth-order valence-electron chi connectivity index (χ4n) is 0.642. The van der Waals surface area contributed by atoms with E-state index in [1.807, 2.05) is 64.2 Å². The van der Waals surface area contributed by atoms with Crippen molar-refractivity contribution in [3.05, 3.63) is 64.2 Å². The third kappa shape index (κ3) is 19.4. The molecule has 0 atom stereocenters. The van der Waals surface area contributed by atoms with Gasteiger partial charge in [0.05, 0.1) is 0 Å². The topological polar surface area (TPSA) is 109 Å². The van der Waals surface area contributed by atoms with Gasteiger partial charge in [-0.1, -0.05) is 0 Å². The Morgan fingerprint density at radius 3 is 0.593 bits per heavy atom. The predicted molar refractivity (Wildman–Crippen MR) is 78.2 cm³/mol. The molecule has 6 nitrogen and oxygen atoms in total. The molecule has 10 radical (unpaired) electrons. The minimum Gasteiger partial charge on any atom is -0.279 e. The number of halogens is 6. The average Bonchev–Trinajstić information content (AvgIpc) is 3.15. The quantitative estimate of drug-likeness (QED) is 0.288. The first-order valence-electron chi connectivity index (χ1n) is 5.91. The molecule has 0 aromatic carbocycles. The Hall–Kier alpha value is 0.283.